The molecule has 0 aliphatic rings. The molecule has 0 radical (unpaired) electrons. The first-order valence-electron chi connectivity index (χ1n) is 7.32. The summed E-state index contributed by atoms with van der Waals surface area (Å²) in [7, 11) is 1.63. The van der Waals surface area contributed by atoms with Crippen molar-refractivity contribution >= 4 is 17.6 Å². The third-order valence-corrected chi connectivity index (χ3v) is 3.23. The number of carbonyl (C=O) groups excluding carboxylic acids is 1. The minimum absolute atomic E-state index is 0.0413. The molecule has 0 unspecified atom stereocenters. The zero-order valence-corrected chi connectivity index (χ0v) is 13.0. The van der Waals surface area contributed by atoms with Crippen molar-refractivity contribution in [3.8, 4) is 0 Å². The monoisotopic (exact) mass is 295 g/mol. The van der Waals surface area contributed by atoms with Gasteiger partial charge in [0.05, 0.1) is 6.61 Å². The average Bonchev–Trinajstić information content (AvgIpc) is 2.54. The second-order valence-corrected chi connectivity index (χ2v) is 5.16. The number of carbonyl (C=O) groups is 1. The summed E-state index contributed by atoms with van der Waals surface area (Å²) in [6, 6.07) is 19.5. The molecule has 0 spiro atoms. The third-order valence-electron chi connectivity index (χ3n) is 3.23. The van der Waals surface area contributed by atoms with E-state index in [9.17, 15) is 4.79 Å². The molecule has 0 bridgehead atoms. The maximum atomic E-state index is 12.6. The standard InChI is InChI=1S/C19H21NO2/c1-15(14-22-2)20-19(21)18(17-11-7-4-8-12-17)13-16-9-5-3-6-10-16/h3-13,15H,14H2,1-2H3,(H,20,21)/b18-13-/t15-/m0/s1. The highest BCUT2D eigenvalue weighted by molar-refractivity contribution is 6.24. The zero-order chi connectivity index (χ0) is 15.8. The highest BCUT2D eigenvalue weighted by Crippen LogP contribution is 2.18. The van der Waals surface area contributed by atoms with Crippen LogP contribution in [0.15, 0.2) is 60.7 Å². The number of rotatable bonds is 6. The summed E-state index contributed by atoms with van der Waals surface area (Å²) in [5.41, 5.74) is 2.54. The molecule has 1 amide bonds. The van der Waals surface area contributed by atoms with Gasteiger partial charge >= 0.3 is 0 Å². The van der Waals surface area contributed by atoms with Crippen LogP contribution in [0.5, 0.6) is 0 Å². The lowest BCUT2D eigenvalue weighted by molar-refractivity contribution is -0.116. The van der Waals surface area contributed by atoms with E-state index < -0.39 is 0 Å². The second kappa shape index (κ2) is 8.15. The third kappa shape index (κ3) is 4.57. The van der Waals surface area contributed by atoms with E-state index in [1.807, 2.05) is 73.7 Å². The fourth-order valence-electron chi connectivity index (χ4n) is 2.21. The Morgan fingerprint density at radius 2 is 1.68 bits per heavy atom. The van der Waals surface area contributed by atoms with E-state index in [-0.39, 0.29) is 11.9 Å². The van der Waals surface area contributed by atoms with Crippen molar-refractivity contribution < 1.29 is 9.53 Å². The van der Waals surface area contributed by atoms with Crippen molar-refractivity contribution in [2.75, 3.05) is 13.7 Å². The molecule has 3 nitrogen and oxygen atoms in total. The van der Waals surface area contributed by atoms with Crippen LogP contribution in [0.1, 0.15) is 18.1 Å². The molecule has 2 aromatic carbocycles. The number of ether oxygens (including phenoxy) is 1. The van der Waals surface area contributed by atoms with Gasteiger partial charge in [0.15, 0.2) is 0 Å². The van der Waals surface area contributed by atoms with Gasteiger partial charge in [-0.05, 0) is 24.1 Å². The molecule has 114 valence electrons. The highest BCUT2D eigenvalue weighted by atomic mass is 16.5. The number of amides is 1. The Morgan fingerprint density at radius 1 is 1.09 bits per heavy atom. The Hall–Kier alpha value is -2.39. The van der Waals surface area contributed by atoms with Gasteiger partial charge < -0.3 is 10.1 Å². The molecule has 0 fully saturated rings. The minimum atomic E-state index is -0.0976. The summed E-state index contributed by atoms with van der Waals surface area (Å²) < 4.78 is 5.07. The summed E-state index contributed by atoms with van der Waals surface area (Å²) >= 11 is 0. The lowest BCUT2D eigenvalue weighted by atomic mass is 10.0. The molecular weight excluding hydrogens is 274 g/mol. The van der Waals surface area contributed by atoms with Gasteiger partial charge in [-0.2, -0.15) is 0 Å². The van der Waals surface area contributed by atoms with E-state index >= 15 is 0 Å². The molecule has 1 N–H and O–H groups in total. The number of benzene rings is 2. The quantitative estimate of drug-likeness (QED) is 0.655. The van der Waals surface area contributed by atoms with Crippen LogP contribution in [0.25, 0.3) is 11.6 Å². The van der Waals surface area contributed by atoms with Gasteiger partial charge in [0.2, 0.25) is 0 Å². The van der Waals surface area contributed by atoms with Gasteiger partial charge in [-0.1, -0.05) is 60.7 Å². The molecular formula is C19H21NO2. The van der Waals surface area contributed by atoms with Gasteiger partial charge in [0, 0.05) is 18.7 Å². The maximum absolute atomic E-state index is 12.6. The van der Waals surface area contributed by atoms with Crippen LogP contribution in [0.4, 0.5) is 0 Å². The number of hydrogen-bond donors (Lipinski definition) is 1. The van der Waals surface area contributed by atoms with E-state index in [0.717, 1.165) is 11.1 Å². The fourth-order valence-corrected chi connectivity index (χ4v) is 2.21. The van der Waals surface area contributed by atoms with E-state index in [4.69, 9.17) is 4.74 Å². The molecule has 2 rings (SSSR count). The van der Waals surface area contributed by atoms with Gasteiger partial charge in [-0.3, -0.25) is 4.79 Å². The minimum Gasteiger partial charge on any atom is -0.383 e. The molecule has 2 aromatic rings. The number of methoxy groups -OCH3 is 1. The molecule has 0 saturated heterocycles. The first-order valence-corrected chi connectivity index (χ1v) is 7.32. The Kier molecular flexibility index (Phi) is 5.92. The number of hydrogen-bond acceptors (Lipinski definition) is 2. The summed E-state index contributed by atoms with van der Waals surface area (Å²) in [4.78, 5) is 12.6. The normalized spacial score (nSPS) is 12.7. The number of nitrogens with one attached hydrogen (secondary N) is 1. The fraction of sp³-hybridized carbons (Fsp3) is 0.211. The SMILES string of the molecule is COC[C@H](C)NC(=O)/C(=C\c1ccccc1)c1ccccc1. The molecule has 0 aliphatic carbocycles. The summed E-state index contributed by atoms with van der Waals surface area (Å²) in [6.07, 6.45) is 1.91. The van der Waals surface area contributed by atoms with Crippen LogP contribution in [-0.4, -0.2) is 25.7 Å². The van der Waals surface area contributed by atoms with Gasteiger partial charge in [0.25, 0.3) is 5.91 Å². The largest absolute Gasteiger partial charge is 0.383 e. The Balaban J connectivity index is 2.30. The van der Waals surface area contributed by atoms with Crippen molar-refractivity contribution in [3.05, 3.63) is 71.8 Å². The molecule has 0 aliphatic heterocycles. The predicted octanol–water partition coefficient (Wildman–Crippen LogP) is 3.38. The molecule has 1 atom stereocenters. The van der Waals surface area contributed by atoms with E-state index in [1.54, 1.807) is 7.11 Å². The van der Waals surface area contributed by atoms with Crippen LogP contribution in [0.2, 0.25) is 0 Å². The lowest BCUT2D eigenvalue weighted by Gasteiger charge is -2.15. The van der Waals surface area contributed by atoms with Crippen molar-refractivity contribution in [3.63, 3.8) is 0 Å². The van der Waals surface area contributed by atoms with Crippen LogP contribution in [-0.2, 0) is 9.53 Å². The van der Waals surface area contributed by atoms with Gasteiger partial charge in [-0.15, -0.1) is 0 Å². The highest BCUT2D eigenvalue weighted by Gasteiger charge is 2.14. The lowest BCUT2D eigenvalue weighted by Crippen LogP contribution is -2.36. The first kappa shape index (κ1) is 16.0. The summed E-state index contributed by atoms with van der Waals surface area (Å²) in [6.45, 7) is 2.41. The van der Waals surface area contributed by atoms with Crippen molar-refractivity contribution in [2.24, 2.45) is 0 Å². The Labute approximate surface area is 131 Å². The van der Waals surface area contributed by atoms with Gasteiger partial charge in [0.1, 0.15) is 0 Å². The topological polar surface area (TPSA) is 38.3 Å². The first-order chi connectivity index (χ1) is 10.7. The van der Waals surface area contributed by atoms with Crippen molar-refractivity contribution in [1.29, 1.82) is 0 Å². The zero-order valence-electron chi connectivity index (χ0n) is 13.0. The van der Waals surface area contributed by atoms with E-state index in [0.29, 0.717) is 12.2 Å². The molecule has 0 aromatic heterocycles. The molecule has 3 heteroatoms. The molecule has 0 heterocycles. The van der Waals surface area contributed by atoms with Crippen LogP contribution in [0.3, 0.4) is 0 Å². The van der Waals surface area contributed by atoms with Crippen molar-refractivity contribution in [1.82, 2.24) is 5.32 Å². The maximum Gasteiger partial charge on any atom is 0.252 e. The molecule has 0 saturated carbocycles. The van der Waals surface area contributed by atoms with Crippen molar-refractivity contribution in [2.45, 2.75) is 13.0 Å². The van der Waals surface area contributed by atoms with E-state index in [2.05, 4.69) is 5.32 Å². The van der Waals surface area contributed by atoms with E-state index in [1.165, 1.54) is 0 Å². The van der Waals surface area contributed by atoms with Crippen LogP contribution in [0, 0.1) is 0 Å². The summed E-state index contributed by atoms with van der Waals surface area (Å²) in [5.74, 6) is -0.0976. The second-order valence-electron chi connectivity index (χ2n) is 5.16. The smallest absolute Gasteiger partial charge is 0.252 e. The molecule has 22 heavy (non-hydrogen) atoms. The average molecular weight is 295 g/mol. The van der Waals surface area contributed by atoms with Crippen LogP contribution < -0.4 is 5.32 Å². The predicted molar refractivity (Wildman–Crippen MR) is 90.2 cm³/mol. The Morgan fingerprint density at radius 3 is 2.27 bits per heavy atom. The summed E-state index contributed by atoms with van der Waals surface area (Å²) in [5, 5.41) is 2.97. The van der Waals surface area contributed by atoms with Crippen LogP contribution >= 0.6 is 0 Å². The Bertz CT molecular complexity index is 620. The van der Waals surface area contributed by atoms with Gasteiger partial charge in [-0.25, -0.2) is 0 Å².